The van der Waals surface area contributed by atoms with E-state index in [2.05, 4.69) is 25.7 Å². The van der Waals surface area contributed by atoms with Crippen LogP contribution in [0.5, 0.6) is 17.2 Å². The first-order valence-corrected chi connectivity index (χ1v) is 12.9. The van der Waals surface area contributed by atoms with Gasteiger partial charge < -0.3 is 29.1 Å². The zero-order chi connectivity index (χ0) is 26.9. The van der Waals surface area contributed by atoms with E-state index in [0.717, 1.165) is 37.2 Å². The number of Topliss-reactive ketones (excluding diaryl/α,β-unsaturated/α-hetero) is 1. The smallest absolute Gasteiger partial charge is 0.295 e. The Hall–Kier alpha value is -3.52. The van der Waals surface area contributed by atoms with E-state index in [0.29, 0.717) is 36.8 Å². The number of rotatable bonds is 13. The van der Waals surface area contributed by atoms with Gasteiger partial charge in [0, 0.05) is 18.7 Å². The SMILES string of the molecule is CCCCOc1ccc(C2C(=C(O)c3ccc(OC)c(OC)c3)C(=O)C(=O)N2CCN(CC)CC)cc1. The van der Waals surface area contributed by atoms with Gasteiger partial charge in [-0.05, 0) is 55.4 Å². The van der Waals surface area contributed by atoms with E-state index in [1.54, 1.807) is 23.1 Å². The first kappa shape index (κ1) is 28.1. The third-order valence-electron chi connectivity index (χ3n) is 6.71. The van der Waals surface area contributed by atoms with Crippen molar-refractivity contribution in [1.29, 1.82) is 0 Å². The minimum absolute atomic E-state index is 0.0522. The molecular formula is C29H38N2O6. The first-order valence-electron chi connectivity index (χ1n) is 12.9. The molecule has 1 heterocycles. The molecule has 1 aliphatic heterocycles. The molecule has 3 rings (SSSR count). The summed E-state index contributed by atoms with van der Waals surface area (Å²) in [6.45, 7) is 9.48. The maximum Gasteiger partial charge on any atom is 0.295 e. The van der Waals surface area contributed by atoms with E-state index in [1.165, 1.54) is 14.2 Å². The number of amides is 1. The molecule has 200 valence electrons. The zero-order valence-electron chi connectivity index (χ0n) is 22.5. The lowest BCUT2D eigenvalue weighted by Crippen LogP contribution is -2.38. The number of carbonyl (C=O) groups excluding carboxylic acids is 2. The van der Waals surface area contributed by atoms with E-state index in [4.69, 9.17) is 14.2 Å². The van der Waals surface area contributed by atoms with Gasteiger partial charge in [0.1, 0.15) is 11.5 Å². The van der Waals surface area contributed by atoms with E-state index < -0.39 is 17.7 Å². The monoisotopic (exact) mass is 510 g/mol. The molecule has 2 aromatic rings. The summed E-state index contributed by atoms with van der Waals surface area (Å²) >= 11 is 0. The number of likely N-dealkylation sites (N-methyl/N-ethyl adjacent to an activating group) is 1. The molecule has 0 saturated carbocycles. The molecule has 37 heavy (non-hydrogen) atoms. The van der Waals surface area contributed by atoms with Crippen LogP contribution in [0.1, 0.15) is 50.8 Å². The predicted octanol–water partition coefficient (Wildman–Crippen LogP) is 4.65. The summed E-state index contributed by atoms with van der Waals surface area (Å²) in [5.74, 6) is 0.0408. The Morgan fingerprint density at radius 1 is 0.973 bits per heavy atom. The highest BCUT2D eigenvalue weighted by Crippen LogP contribution is 2.41. The highest BCUT2D eigenvalue weighted by molar-refractivity contribution is 6.46. The minimum Gasteiger partial charge on any atom is -0.507 e. The molecule has 2 aromatic carbocycles. The van der Waals surface area contributed by atoms with Crippen molar-refractivity contribution in [3.63, 3.8) is 0 Å². The van der Waals surface area contributed by atoms with Crippen LogP contribution in [-0.2, 0) is 9.59 Å². The van der Waals surface area contributed by atoms with Crippen LogP contribution in [0, 0.1) is 0 Å². The largest absolute Gasteiger partial charge is 0.507 e. The van der Waals surface area contributed by atoms with Crippen LogP contribution in [0.15, 0.2) is 48.0 Å². The third kappa shape index (κ3) is 6.25. The normalized spacial score (nSPS) is 16.9. The Morgan fingerprint density at radius 3 is 2.24 bits per heavy atom. The van der Waals surface area contributed by atoms with Gasteiger partial charge in [-0.3, -0.25) is 9.59 Å². The number of likely N-dealkylation sites (tertiary alicyclic amines) is 1. The summed E-state index contributed by atoms with van der Waals surface area (Å²) in [4.78, 5) is 30.3. The maximum atomic E-state index is 13.3. The fourth-order valence-electron chi connectivity index (χ4n) is 4.47. The number of benzene rings is 2. The van der Waals surface area contributed by atoms with Crippen LogP contribution in [0.25, 0.3) is 5.76 Å². The second-order valence-electron chi connectivity index (χ2n) is 8.86. The van der Waals surface area contributed by atoms with Gasteiger partial charge in [0.2, 0.25) is 0 Å². The van der Waals surface area contributed by atoms with Crippen LogP contribution in [-0.4, -0.2) is 73.6 Å². The van der Waals surface area contributed by atoms with Crippen molar-refractivity contribution in [1.82, 2.24) is 9.80 Å². The number of nitrogens with zero attached hydrogens (tertiary/aromatic N) is 2. The zero-order valence-corrected chi connectivity index (χ0v) is 22.5. The fourth-order valence-corrected chi connectivity index (χ4v) is 4.47. The molecule has 1 saturated heterocycles. The molecule has 0 bridgehead atoms. The van der Waals surface area contributed by atoms with Crippen LogP contribution in [0.4, 0.5) is 0 Å². The number of aliphatic hydroxyl groups excluding tert-OH is 1. The lowest BCUT2D eigenvalue weighted by atomic mass is 9.95. The van der Waals surface area contributed by atoms with Crippen molar-refractivity contribution in [2.75, 3.05) is 47.0 Å². The molecule has 1 amide bonds. The molecule has 1 N–H and O–H groups in total. The van der Waals surface area contributed by atoms with E-state index in [9.17, 15) is 14.7 Å². The topological polar surface area (TPSA) is 88.5 Å². The summed E-state index contributed by atoms with van der Waals surface area (Å²) in [7, 11) is 3.02. The van der Waals surface area contributed by atoms with Crippen molar-refractivity contribution in [2.45, 2.75) is 39.7 Å². The Balaban J connectivity index is 2.06. The molecule has 1 fully saturated rings. The molecule has 1 unspecified atom stereocenters. The summed E-state index contributed by atoms with van der Waals surface area (Å²) < 4.78 is 16.5. The number of hydrogen-bond donors (Lipinski definition) is 1. The number of ether oxygens (including phenoxy) is 3. The van der Waals surface area contributed by atoms with Gasteiger partial charge in [-0.15, -0.1) is 0 Å². The standard InChI is InChI=1S/C29H38N2O6/c1-6-9-18-37-22-13-10-20(11-14-22)26-25(27(32)21-12-15-23(35-4)24(19-21)36-5)28(33)29(34)31(26)17-16-30(7-2)8-3/h10-15,19,26,32H,6-9,16-18H2,1-5H3. The Bertz CT molecular complexity index is 1110. The predicted molar refractivity (Wildman–Crippen MR) is 143 cm³/mol. The quantitative estimate of drug-likeness (QED) is 0.182. The molecule has 1 aliphatic rings. The van der Waals surface area contributed by atoms with Gasteiger partial charge >= 0.3 is 0 Å². The second kappa shape index (κ2) is 13.1. The number of hydrogen-bond acceptors (Lipinski definition) is 7. The van der Waals surface area contributed by atoms with Crippen molar-refractivity contribution in [3.05, 3.63) is 59.2 Å². The second-order valence-corrected chi connectivity index (χ2v) is 8.86. The van der Waals surface area contributed by atoms with E-state index in [1.807, 2.05) is 24.3 Å². The molecule has 8 nitrogen and oxygen atoms in total. The van der Waals surface area contributed by atoms with Crippen molar-refractivity contribution < 1.29 is 28.9 Å². The lowest BCUT2D eigenvalue weighted by molar-refractivity contribution is -0.140. The number of unbranched alkanes of at least 4 members (excludes halogenated alkanes) is 1. The first-order chi connectivity index (χ1) is 17.9. The van der Waals surface area contributed by atoms with Gasteiger partial charge in [0.05, 0.1) is 32.4 Å². The van der Waals surface area contributed by atoms with E-state index in [-0.39, 0.29) is 11.3 Å². The fraction of sp³-hybridized carbons (Fsp3) is 0.448. The van der Waals surface area contributed by atoms with E-state index >= 15 is 0 Å². The molecule has 0 aromatic heterocycles. The summed E-state index contributed by atoms with van der Waals surface area (Å²) in [5.41, 5.74) is 1.14. The Labute approximate surface area is 219 Å². The average Bonchev–Trinajstić information content (AvgIpc) is 3.18. The number of ketones is 1. The Kier molecular flexibility index (Phi) is 9.97. The van der Waals surface area contributed by atoms with Crippen LogP contribution in [0.2, 0.25) is 0 Å². The molecule has 8 heteroatoms. The highest BCUT2D eigenvalue weighted by atomic mass is 16.5. The molecule has 0 radical (unpaired) electrons. The van der Waals surface area contributed by atoms with Crippen LogP contribution in [0.3, 0.4) is 0 Å². The van der Waals surface area contributed by atoms with Gasteiger partial charge in [-0.2, -0.15) is 0 Å². The summed E-state index contributed by atoms with van der Waals surface area (Å²) in [5, 5.41) is 11.4. The van der Waals surface area contributed by atoms with Gasteiger partial charge in [-0.1, -0.05) is 39.3 Å². The molecular weight excluding hydrogens is 472 g/mol. The summed E-state index contributed by atoms with van der Waals surface area (Å²) in [6, 6.07) is 11.5. The lowest BCUT2D eigenvalue weighted by Gasteiger charge is -2.28. The van der Waals surface area contributed by atoms with Crippen molar-refractivity contribution in [3.8, 4) is 17.2 Å². The summed E-state index contributed by atoms with van der Waals surface area (Å²) in [6.07, 6.45) is 1.99. The molecule has 1 atom stereocenters. The average molecular weight is 511 g/mol. The number of carbonyl (C=O) groups is 2. The van der Waals surface area contributed by atoms with Gasteiger partial charge in [-0.25, -0.2) is 0 Å². The maximum absolute atomic E-state index is 13.3. The van der Waals surface area contributed by atoms with Crippen molar-refractivity contribution >= 4 is 17.4 Å². The van der Waals surface area contributed by atoms with Crippen LogP contribution >= 0.6 is 0 Å². The number of methoxy groups -OCH3 is 2. The Morgan fingerprint density at radius 2 is 1.65 bits per heavy atom. The van der Waals surface area contributed by atoms with Gasteiger partial charge in [0.15, 0.2) is 11.5 Å². The number of aliphatic hydroxyl groups is 1. The minimum atomic E-state index is -0.728. The highest BCUT2D eigenvalue weighted by Gasteiger charge is 2.46. The van der Waals surface area contributed by atoms with Crippen molar-refractivity contribution in [2.24, 2.45) is 0 Å². The molecule has 0 aliphatic carbocycles. The van der Waals surface area contributed by atoms with Gasteiger partial charge in [0.25, 0.3) is 11.7 Å². The van der Waals surface area contributed by atoms with Crippen LogP contribution < -0.4 is 14.2 Å². The molecule has 0 spiro atoms. The third-order valence-corrected chi connectivity index (χ3v) is 6.71.